The molecule has 0 aliphatic carbocycles. The monoisotopic (exact) mass is 276 g/mol. The van der Waals surface area contributed by atoms with Crippen molar-refractivity contribution in [3.05, 3.63) is 47.3 Å². The standard InChI is InChI=1S/C15H21FN4/c1-4-7-17-14(15-13(16)6-5-8-18-15)10-12-9-11(2)19-20(12)3/h5-6,8-9,14,17H,4,7,10H2,1-3H3. The number of aromatic nitrogens is 3. The van der Waals surface area contributed by atoms with Crippen molar-refractivity contribution < 1.29 is 4.39 Å². The zero-order valence-corrected chi connectivity index (χ0v) is 12.2. The highest BCUT2D eigenvalue weighted by atomic mass is 19.1. The second-order valence-corrected chi connectivity index (χ2v) is 4.98. The maximum Gasteiger partial charge on any atom is 0.146 e. The van der Waals surface area contributed by atoms with E-state index in [2.05, 4.69) is 22.3 Å². The molecular formula is C15H21FN4. The molecule has 4 nitrogen and oxygen atoms in total. The lowest BCUT2D eigenvalue weighted by Crippen LogP contribution is -2.26. The van der Waals surface area contributed by atoms with Crippen molar-refractivity contribution in [1.29, 1.82) is 0 Å². The number of nitrogens with zero attached hydrogens (tertiary/aromatic N) is 3. The summed E-state index contributed by atoms with van der Waals surface area (Å²) in [5.41, 5.74) is 2.51. The number of halogens is 1. The first-order valence-electron chi connectivity index (χ1n) is 6.95. The predicted octanol–water partition coefficient (Wildman–Crippen LogP) is 2.55. The number of aryl methyl sites for hydroxylation is 2. The molecule has 0 aliphatic heterocycles. The van der Waals surface area contributed by atoms with E-state index >= 15 is 0 Å². The molecule has 1 atom stereocenters. The quantitative estimate of drug-likeness (QED) is 0.881. The van der Waals surface area contributed by atoms with Crippen LogP contribution in [0.1, 0.15) is 36.5 Å². The van der Waals surface area contributed by atoms with Crippen molar-refractivity contribution in [3.63, 3.8) is 0 Å². The third kappa shape index (κ3) is 3.42. The second-order valence-electron chi connectivity index (χ2n) is 4.98. The zero-order valence-electron chi connectivity index (χ0n) is 12.2. The van der Waals surface area contributed by atoms with Gasteiger partial charge in [0.1, 0.15) is 5.82 Å². The average Bonchev–Trinajstić information content (AvgIpc) is 2.73. The topological polar surface area (TPSA) is 42.7 Å². The van der Waals surface area contributed by atoms with Crippen LogP contribution in [0.4, 0.5) is 4.39 Å². The van der Waals surface area contributed by atoms with E-state index in [0.717, 1.165) is 24.4 Å². The third-order valence-electron chi connectivity index (χ3n) is 3.27. The van der Waals surface area contributed by atoms with Gasteiger partial charge in [-0.25, -0.2) is 4.39 Å². The number of nitrogens with one attached hydrogen (secondary N) is 1. The van der Waals surface area contributed by atoms with E-state index in [1.165, 1.54) is 6.07 Å². The maximum atomic E-state index is 14.0. The van der Waals surface area contributed by atoms with Crippen LogP contribution in [0.15, 0.2) is 24.4 Å². The highest BCUT2D eigenvalue weighted by Gasteiger charge is 2.18. The molecule has 2 rings (SSSR count). The average molecular weight is 276 g/mol. The van der Waals surface area contributed by atoms with E-state index in [9.17, 15) is 4.39 Å². The highest BCUT2D eigenvalue weighted by molar-refractivity contribution is 5.17. The first kappa shape index (κ1) is 14.7. The van der Waals surface area contributed by atoms with Gasteiger partial charge in [0.15, 0.2) is 0 Å². The van der Waals surface area contributed by atoms with E-state index < -0.39 is 0 Å². The molecule has 5 heteroatoms. The number of pyridine rings is 1. The molecule has 0 fully saturated rings. The lowest BCUT2D eigenvalue weighted by atomic mass is 10.1. The zero-order chi connectivity index (χ0) is 14.5. The Hall–Kier alpha value is -1.75. The van der Waals surface area contributed by atoms with E-state index in [-0.39, 0.29) is 11.9 Å². The summed E-state index contributed by atoms with van der Waals surface area (Å²) in [6.07, 6.45) is 3.30. The SMILES string of the molecule is CCCNC(Cc1cc(C)nn1C)c1ncccc1F. The van der Waals surface area contributed by atoms with Crippen molar-refractivity contribution in [2.45, 2.75) is 32.7 Å². The molecule has 0 aromatic carbocycles. The van der Waals surface area contributed by atoms with Gasteiger partial charge in [-0.2, -0.15) is 5.10 Å². The van der Waals surface area contributed by atoms with Crippen LogP contribution in [0.2, 0.25) is 0 Å². The van der Waals surface area contributed by atoms with Gasteiger partial charge >= 0.3 is 0 Å². The van der Waals surface area contributed by atoms with Gasteiger partial charge in [-0.15, -0.1) is 0 Å². The van der Waals surface area contributed by atoms with Gasteiger partial charge in [0, 0.05) is 25.4 Å². The predicted molar refractivity (Wildman–Crippen MR) is 76.9 cm³/mol. The number of hydrogen-bond acceptors (Lipinski definition) is 3. The molecule has 0 radical (unpaired) electrons. The Labute approximate surface area is 119 Å². The fourth-order valence-electron chi connectivity index (χ4n) is 2.30. The van der Waals surface area contributed by atoms with Crippen molar-refractivity contribution in [2.75, 3.05) is 6.54 Å². The summed E-state index contributed by atoms with van der Waals surface area (Å²) in [7, 11) is 1.91. The van der Waals surface area contributed by atoms with Gasteiger partial charge < -0.3 is 5.32 Å². The Morgan fingerprint density at radius 1 is 1.45 bits per heavy atom. The Morgan fingerprint density at radius 3 is 2.85 bits per heavy atom. The van der Waals surface area contributed by atoms with Crippen LogP contribution in [0, 0.1) is 12.7 Å². The van der Waals surface area contributed by atoms with Crippen molar-refractivity contribution in [1.82, 2.24) is 20.1 Å². The van der Waals surface area contributed by atoms with Gasteiger partial charge in [0.25, 0.3) is 0 Å². The Bertz CT molecular complexity index is 565. The van der Waals surface area contributed by atoms with Gasteiger partial charge in [-0.3, -0.25) is 9.67 Å². The van der Waals surface area contributed by atoms with Gasteiger partial charge in [-0.05, 0) is 38.1 Å². The number of rotatable bonds is 6. The molecule has 108 valence electrons. The lowest BCUT2D eigenvalue weighted by Gasteiger charge is -2.18. The minimum atomic E-state index is -0.264. The second kappa shape index (κ2) is 6.61. The molecular weight excluding hydrogens is 255 g/mol. The smallest absolute Gasteiger partial charge is 0.146 e. The van der Waals surface area contributed by atoms with E-state index in [1.807, 2.05) is 24.7 Å². The van der Waals surface area contributed by atoms with Crippen molar-refractivity contribution in [2.24, 2.45) is 7.05 Å². The summed E-state index contributed by atoms with van der Waals surface area (Å²) in [6, 6.07) is 4.97. The number of hydrogen-bond donors (Lipinski definition) is 1. The molecule has 1 unspecified atom stereocenters. The van der Waals surface area contributed by atoms with Crippen LogP contribution in [0.3, 0.4) is 0 Å². The van der Waals surface area contributed by atoms with E-state index in [1.54, 1.807) is 12.3 Å². The van der Waals surface area contributed by atoms with Gasteiger partial charge in [0.05, 0.1) is 17.4 Å². The highest BCUT2D eigenvalue weighted by Crippen LogP contribution is 2.19. The Kier molecular flexibility index (Phi) is 4.84. The summed E-state index contributed by atoms with van der Waals surface area (Å²) in [5, 5.41) is 7.70. The fourth-order valence-corrected chi connectivity index (χ4v) is 2.30. The lowest BCUT2D eigenvalue weighted by molar-refractivity contribution is 0.472. The van der Waals surface area contributed by atoms with Crippen molar-refractivity contribution in [3.8, 4) is 0 Å². The molecule has 2 heterocycles. The molecule has 0 bridgehead atoms. The normalized spacial score (nSPS) is 12.6. The van der Waals surface area contributed by atoms with E-state index in [4.69, 9.17) is 0 Å². The van der Waals surface area contributed by atoms with Crippen LogP contribution < -0.4 is 5.32 Å². The largest absolute Gasteiger partial charge is 0.308 e. The molecule has 0 saturated heterocycles. The van der Waals surface area contributed by atoms with Crippen molar-refractivity contribution >= 4 is 0 Å². The molecule has 0 spiro atoms. The fraction of sp³-hybridized carbons (Fsp3) is 0.467. The molecule has 2 aromatic rings. The van der Waals surface area contributed by atoms with Crippen LogP contribution in [0.5, 0.6) is 0 Å². The summed E-state index contributed by atoms with van der Waals surface area (Å²) in [5.74, 6) is -0.264. The van der Waals surface area contributed by atoms with Gasteiger partial charge in [0.2, 0.25) is 0 Å². The molecule has 0 saturated carbocycles. The maximum absolute atomic E-state index is 14.0. The summed E-state index contributed by atoms with van der Waals surface area (Å²) in [6.45, 7) is 4.88. The van der Waals surface area contributed by atoms with Crippen LogP contribution in [-0.2, 0) is 13.5 Å². The minimum absolute atomic E-state index is 0.133. The van der Waals surface area contributed by atoms with Crippen LogP contribution >= 0.6 is 0 Å². The Morgan fingerprint density at radius 2 is 2.25 bits per heavy atom. The summed E-state index contributed by atoms with van der Waals surface area (Å²) >= 11 is 0. The first-order valence-corrected chi connectivity index (χ1v) is 6.95. The molecule has 0 aliphatic rings. The molecule has 1 N–H and O–H groups in total. The minimum Gasteiger partial charge on any atom is -0.308 e. The summed E-state index contributed by atoms with van der Waals surface area (Å²) in [4.78, 5) is 4.20. The summed E-state index contributed by atoms with van der Waals surface area (Å²) < 4.78 is 15.8. The van der Waals surface area contributed by atoms with Crippen LogP contribution in [0.25, 0.3) is 0 Å². The molecule has 2 aromatic heterocycles. The van der Waals surface area contributed by atoms with E-state index in [0.29, 0.717) is 12.1 Å². The Balaban J connectivity index is 2.24. The molecule has 0 amide bonds. The van der Waals surface area contributed by atoms with Gasteiger partial charge in [-0.1, -0.05) is 6.92 Å². The third-order valence-corrected chi connectivity index (χ3v) is 3.27. The first-order chi connectivity index (χ1) is 9.61. The van der Waals surface area contributed by atoms with Crippen LogP contribution in [-0.4, -0.2) is 21.3 Å². The molecule has 20 heavy (non-hydrogen) atoms.